The van der Waals surface area contributed by atoms with Crippen molar-refractivity contribution in [1.82, 2.24) is 10.2 Å². The van der Waals surface area contributed by atoms with Gasteiger partial charge >= 0.3 is 5.97 Å². The number of aliphatic hydroxyl groups is 4. The van der Waals surface area contributed by atoms with Crippen molar-refractivity contribution < 1.29 is 59.3 Å². The fourth-order valence-corrected chi connectivity index (χ4v) is 6.17. The van der Waals surface area contributed by atoms with Crippen LogP contribution in [0, 0.1) is 0 Å². The van der Waals surface area contributed by atoms with Crippen LogP contribution >= 0.6 is 11.8 Å². The van der Waals surface area contributed by atoms with Crippen molar-refractivity contribution in [3.63, 3.8) is 0 Å². The molecule has 1 saturated heterocycles. The lowest BCUT2D eigenvalue weighted by Crippen LogP contribution is -2.40. The zero-order valence-corrected chi connectivity index (χ0v) is 29.2. The number of carbonyl (C=O) groups is 3. The molecular formula is C34H49N3O12S. The summed E-state index contributed by atoms with van der Waals surface area (Å²) in [5.41, 5.74) is -0.796. The first-order chi connectivity index (χ1) is 23.9. The van der Waals surface area contributed by atoms with Gasteiger partial charge in [-0.05, 0) is 57.2 Å². The van der Waals surface area contributed by atoms with Gasteiger partial charge in [-0.15, -0.1) is 11.8 Å². The number of aromatic hydroxyl groups is 2. The van der Waals surface area contributed by atoms with Gasteiger partial charge in [0.15, 0.2) is 6.61 Å². The predicted octanol–water partition coefficient (Wildman–Crippen LogP) is 1.13. The summed E-state index contributed by atoms with van der Waals surface area (Å²) in [6.07, 6.45) is 5.97. The monoisotopic (exact) mass is 723 g/mol. The molecule has 16 heteroatoms. The van der Waals surface area contributed by atoms with Crippen molar-refractivity contribution in [2.75, 3.05) is 38.7 Å². The molecule has 0 aliphatic carbocycles. The molecule has 2 amide bonds. The maximum Gasteiger partial charge on any atom is 0.342 e. The van der Waals surface area contributed by atoms with Crippen molar-refractivity contribution in [3.8, 4) is 11.5 Å². The van der Waals surface area contributed by atoms with Crippen LogP contribution in [0.2, 0.25) is 0 Å². The molecule has 0 radical (unpaired) electrons. The van der Waals surface area contributed by atoms with Gasteiger partial charge in [0.05, 0.1) is 36.8 Å². The molecule has 0 aromatic heterocycles. The molecule has 7 N–H and O–H groups in total. The van der Waals surface area contributed by atoms with Gasteiger partial charge in [0.2, 0.25) is 5.91 Å². The fourth-order valence-electron chi connectivity index (χ4n) is 5.24. The molecule has 2 heterocycles. The van der Waals surface area contributed by atoms with E-state index in [1.807, 2.05) is 0 Å². The van der Waals surface area contributed by atoms with Gasteiger partial charge in [-0.1, -0.05) is 23.4 Å². The highest BCUT2D eigenvalue weighted by Crippen LogP contribution is 2.29. The number of thioether (sulfide) groups is 1. The molecule has 0 saturated carbocycles. The largest absolute Gasteiger partial charge is 0.508 e. The summed E-state index contributed by atoms with van der Waals surface area (Å²) >= 11 is 0.885. The van der Waals surface area contributed by atoms with Crippen LogP contribution in [-0.2, 0) is 30.3 Å². The summed E-state index contributed by atoms with van der Waals surface area (Å²) in [4.78, 5) is 46.0. The maximum absolute atomic E-state index is 13.2. The summed E-state index contributed by atoms with van der Waals surface area (Å²) in [6, 6.07) is 1.79. The van der Waals surface area contributed by atoms with Crippen LogP contribution < -0.4 is 5.32 Å². The Balaban J connectivity index is 1.81. The number of ether oxygens (including phenoxy) is 2. The standard InChI is InChI=1S/C34H49N3O12S/c1-21-8-6-9-24(35-30(44)20-50-34(28(43)17-38)49-29(18-39)22(2)40)10-7-11-25(36-47-19-31(45)37-12-4-3-5-13-37)14-23-15-26(41)16-27(42)32(23)33(46)48-21/h6-7,9,11,15-16,21-22,24,28-29,34,38-43H,3-5,8,10,12-14,17-20H2,1-2H3,(H,35,44)/b9-6+,11-7+,36-25-/t21-,22+,24+,28+,29?,34+/m1/s1. The van der Waals surface area contributed by atoms with Gasteiger partial charge in [-0.25, -0.2) is 4.79 Å². The third-order valence-electron chi connectivity index (χ3n) is 7.94. The highest BCUT2D eigenvalue weighted by molar-refractivity contribution is 8.00. The summed E-state index contributed by atoms with van der Waals surface area (Å²) < 4.78 is 11.1. The van der Waals surface area contributed by atoms with E-state index in [9.17, 15) is 45.0 Å². The van der Waals surface area contributed by atoms with Crippen LogP contribution in [0.15, 0.2) is 41.6 Å². The molecule has 3 rings (SSSR count). The average Bonchev–Trinajstić information content (AvgIpc) is 3.07. The number of nitrogens with zero attached hydrogens (tertiary/aromatic N) is 2. The summed E-state index contributed by atoms with van der Waals surface area (Å²) in [5, 5.41) is 66.8. The predicted molar refractivity (Wildman–Crippen MR) is 185 cm³/mol. The number of piperidine rings is 1. The number of likely N-dealkylation sites (tertiary alicyclic amines) is 1. The number of oxime groups is 1. The van der Waals surface area contributed by atoms with Crippen LogP contribution in [-0.4, -0.2) is 134 Å². The number of allylic oxidation sites excluding steroid dienone is 1. The molecule has 50 heavy (non-hydrogen) atoms. The van der Waals surface area contributed by atoms with Crippen molar-refractivity contribution in [2.24, 2.45) is 5.16 Å². The van der Waals surface area contributed by atoms with Crippen LogP contribution in [0.3, 0.4) is 0 Å². The zero-order chi connectivity index (χ0) is 36.6. The smallest absolute Gasteiger partial charge is 0.342 e. The lowest BCUT2D eigenvalue weighted by Gasteiger charge is -2.27. The van der Waals surface area contributed by atoms with Crippen molar-refractivity contribution in [2.45, 2.75) is 88.3 Å². The molecule has 2 aliphatic rings. The van der Waals surface area contributed by atoms with E-state index in [0.717, 1.165) is 37.1 Å². The first-order valence-corrected chi connectivity index (χ1v) is 17.7. The second-order valence-electron chi connectivity index (χ2n) is 12.2. The van der Waals surface area contributed by atoms with E-state index in [1.165, 1.54) is 13.0 Å². The van der Waals surface area contributed by atoms with Crippen LogP contribution in [0.4, 0.5) is 0 Å². The van der Waals surface area contributed by atoms with Crippen LogP contribution in [0.5, 0.6) is 11.5 Å². The van der Waals surface area contributed by atoms with Gasteiger partial charge in [0, 0.05) is 32.0 Å². The summed E-state index contributed by atoms with van der Waals surface area (Å²) in [6.45, 7) is 2.84. The van der Waals surface area contributed by atoms with Gasteiger partial charge in [0.1, 0.15) is 40.8 Å². The van der Waals surface area contributed by atoms with Crippen molar-refractivity contribution in [1.29, 1.82) is 0 Å². The maximum atomic E-state index is 13.2. The first kappa shape index (κ1) is 40.8. The van der Waals surface area contributed by atoms with Crippen molar-refractivity contribution in [3.05, 3.63) is 47.6 Å². The second kappa shape index (κ2) is 20.9. The molecule has 6 atom stereocenters. The number of hydrogen-bond donors (Lipinski definition) is 7. The van der Waals surface area contributed by atoms with Crippen LogP contribution in [0.25, 0.3) is 0 Å². The zero-order valence-electron chi connectivity index (χ0n) is 28.3. The van der Waals surface area contributed by atoms with Crippen LogP contribution in [0.1, 0.15) is 61.9 Å². The number of esters is 1. The third-order valence-corrected chi connectivity index (χ3v) is 9.12. The number of fused-ring (bicyclic) bond motifs is 1. The molecule has 1 aromatic carbocycles. The fraction of sp³-hybridized carbons (Fsp3) is 0.588. The topological polar surface area (TPSA) is 228 Å². The van der Waals surface area contributed by atoms with Crippen molar-refractivity contribution >= 4 is 35.3 Å². The second-order valence-corrected chi connectivity index (χ2v) is 13.3. The summed E-state index contributed by atoms with van der Waals surface area (Å²) in [5.74, 6) is -2.42. The number of hydrogen-bond acceptors (Lipinski definition) is 14. The highest BCUT2D eigenvalue weighted by atomic mass is 32.2. The molecule has 15 nitrogen and oxygen atoms in total. The molecule has 1 unspecified atom stereocenters. The Kier molecular flexibility index (Phi) is 17.0. The number of phenolic OH excluding ortho intramolecular Hbond substituents is 2. The highest BCUT2D eigenvalue weighted by Gasteiger charge is 2.28. The average molecular weight is 724 g/mol. The number of nitrogens with one attached hydrogen (secondary N) is 1. The molecule has 1 aromatic rings. The minimum atomic E-state index is -1.38. The number of phenols is 2. The number of carbonyl (C=O) groups excluding carboxylic acids is 3. The Hall–Kier alpha value is -3.67. The number of benzene rings is 1. The molecule has 0 bridgehead atoms. The number of rotatable bonds is 13. The molecule has 0 spiro atoms. The Morgan fingerprint density at radius 1 is 1.10 bits per heavy atom. The molecular weight excluding hydrogens is 674 g/mol. The van der Waals surface area contributed by atoms with Gasteiger partial charge in [-0.3, -0.25) is 9.59 Å². The Labute approximate surface area is 295 Å². The SMILES string of the molecule is C[C@@H]1C/C=C/[C@H](NC(=O)CS[C@H](OC(CO)[C@H](C)O)[C@@H](O)CO)C/C=C/C(=N/OCC(=O)N2CCCCC2)Cc2cc(O)cc(O)c2C(=O)O1. The lowest BCUT2D eigenvalue weighted by molar-refractivity contribution is -0.137. The minimum Gasteiger partial charge on any atom is -0.508 e. The van der Waals surface area contributed by atoms with E-state index in [2.05, 4.69) is 10.5 Å². The van der Waals surface area contributed by atoms with E-state index in [1.54, 1.807) is 36.1 Å². The van der Waals surface area contributed by atoms with E-state index in [-0.39, 0.29) is 60.1 Å². The summed E-state index contributed by atoms with van der Waals surface area (Å²) in [7, 11) is 0. The number of cyclic esters (lactones) is 1. The van der Waals surface area contributed by atoms with E-state index < -0.39 is 66.7 Å². The number of amides is 2. The quantitative estimate of drug-likeness (QED) is 0.0657. The third kappa shape index (κ3) is 13.2. The van der Waals surface area contributed by atoms with E-state index in [4.69, 9.17) is 14.3 Å². The number of aliphatic hydroxyl groups excluding tert-OH is 4. The lowest BCUT2D eigenvalue weighted by atomic mass is 9.99. The van der Waals surface area contributed by atoms with Gasteiger partial charge in [0.25, 0.3) is 5.91 Å². The molecule has 278 valence electrons. The Bertz CT molecular complexity index is 1360. The van der Waals surface area contributed by atoms with E-state index >= 15 is 0 Å². The molecule has 1 fully saturated rings. The molecule has 2 aliphatic heterocycles. The Morgan fingerprint density at radius 3 is 2.52 bits per heavy atom. The van der Waals surface area contributed by atoms with E-state index in [0.29, 0.717) is 13.1 Å². The minimum absolute atomic E-state index is 0.0887. The Morgan fingerprint density at radius 2 is 1.84 bits per heavy atom. The van der Waals surface area contributed by atoms with Gasteiger partial charge < -0.3 is 55.2 Å². The van der Waals surface area contributed by atoms with Gasteiger partial charge in [-0.2, -0.15) is 0 Å². The first-order valence-electron chi connectivity index (χ1n) is 16.6. The normalized spacial score (nSPS) is 23.4.